The summed E-state index contributed by atoms with van der Waals surface area (Å²) in [5.74, 6) is 0.955. The van der Waals surface area contributed by atoms with Crippen LogP contribution in [0.2, 0.25) is 5.02 Å². The molecule has 7 nitrogen and oxygen atoms in total. The summed E-state index contributed by atoms with van der Waals surface area (Å²) in [6.07, 6.45) is -0.308. The molecule has 1 aromatic heterocycles. The molecule has 1 saturated carbocycles. The van der Waals surface area contributed by atoms with E-state index < -0.39 is 5.60 Å². The van der Waals surface area contributed by atoms with Crippen LogP contribution in [0.25, 0.3) is 10.9 Å². The quantitative estimate of drug-likeness (QED) is 0.830. The number of aromatic nitrogens is 2. The topological polar surface area (TPSA) is 90.5 Å². The van der Waals surface area contributed by atoms with Crippen LogP contribution in [-0.2, 0) is 4.74 Å². The van der Waals surface area contributed by atoms with Gasteiger partial charge in [-0.3, -0.25) is 9.36 Å². The number of nitrogens with zero attached hydrogens (tertiary/aromatic N) is 3. The predicted octanol–water partition coefficient (Wildman–Crippen LogP) is 3.11. The fourth-order valence-corrected chi connectivity index (χ4v) is 4.43. The van der Waals surface area contributed by atoms with Gasteiger partial charge in [-0.05, 0) is 39.8 Å². The molecule has 2 fully saturated rings. The van der Waals surface area contributed by atoms with Gasteiger partial charge >= 0.3 is 6.09 Å². The van der Waals surface area contributed by atoms with Crippen LogP contribution in [0.3, 0.4) is 0 Å². The summed E-state index contributed by atoms with van der Waals surface area (Å²) in [6.45, 7) is 8.50. The summed E-state index contributed by atoms with van der Waals surface area (Å²) >= 11 is 6.28. The minimum Gasteiger partial charge on any atom is -0.444 e. The number of rotatable bonds is 2. The Morgan fingerprint density at radius 2 is 1.96 bits per heavy atom. The van der Waals surface area contributed by atoms with Crippen molar-refractivity contribution in [2.24, 2.45) is 17.6 Å². The first-order valence-corrected chi connectivity index (χ1v) is 9.90. The second-order valence-corrected chi connectivity index (χ2v) is 9.18. The molecule has 1 aliphatic heterocycles. The molecule has 1 saturated heterocycles. The fourth-order valence-electron chi connectivity index (χ4n) is 4.18. The minimum atomic E-state index is -0.526. The largest absolute Gasteiger partial charge is 0.444 e. The van der Waals surface area contributed by atoms with Crippen molar-refractivity contribution in [2.75, 3.05) is 13.1 Å². The Morgan fingerprint density at radius 3 is 2.54 bits per heavy atom. The second-order valence-electron chi connectivity index (χ2n) is 8.77. The van der Waals surface area contributed by atoms with Crippen molar-refractivity contribution in [3.8, 4) is 0 Å². The molecule has 2 aliphatic rings. The Morgan fingerprint density at radius 1 is 1.32 bits per heavy atom. The molecule has 2 N–H and O–H groups in total. The molecule has 8 heteroatoms. The van der Waals surface area contributed by atoms with Gasteiger partial charge in [-0.1, -0.05) is 17.7 Å². The molecule has 150 valence electrons. The Kier molecular flexibility index (Phi) is 4.43. The van der Waals surface area contributed by atoms with Gasteiger partial charge in [0.2, 0.25) is 0 Å². The maximum atomic E-state index is 13.3. The highest BCUT2D eigenvalue weighted by molar-refractivity contribution is 6.35. The average Bonchev–Trinajstić information content (AvgIpc) is 3.05. The standard InChI is InChI=1S/C20H25ClN4O3/c1-10(22)17-23-14-7-5-6-13(21)15(14)18(26)25(17)16-11-8-24(9-12(11)16)19(27)28-20(2,3)4/h5-7,10-12,16H,8-9,22H2,1-4H3/t10-,11-,12+,16?/m0/s1. The minimum absolute atomic E-state index is 0.0136. The van der Waals surface area contributed by atoms with E-state index in [0.717, 1.165) is 0 Å². The number of piperidine rings is 1. The van der Waals surface area contributed by atoms with Gasteiger partial charge in [0.15, 0.2) is 0 Å². The number of nitrogens with two attached hydrogens (primary N) is 1. The number of hydrogen-bond acceptors (Lipinski definition) is 5. The highest BCUT2D eigenvalue weighted by Crippen LogP contribution is 2.55. The summed E-state index contributed by atoms with van der Waals surface area (Å²) < 4.78 is 7.17. The molecule has 0 radical (unpaired) electrons. The summed E-state index contributed by atoms with van der Waals surface area (Å²) in [7, 11) is 0. The predicted molar refractivity (Wildman–Crippen MR) is 107 cm³/mol. The van der Waals surface area contributed by atoms with Gasteiger partial charge in [0, 0.05) is 31.0 Å². The third-order valence-electron chi connectivity index (χ3n) is 5.41. The number of carbonyl (C=O) groups is 1. The fraction of sp³-hybridized carbons (Fsp3) is 0.550. The van der Waals surface area contributed by atoms with Gasteiger partial charge in [-0.25, -0.2) is 9.78 Å². The van der Waals surface area contributed by atoms with E-state index in [4.69, 9.17) is 22.1 Å². The zero-order valence-corrected chi connectivity index (χ0v) is 17.2. The van der Waals surface area contributed by atoms with Crippen molar-refractivity contribution in [1.29, 1.82) is 0 Å². The first-order valence-electron chi connectivity index (χ1n) is 9.52. The van der Waals surface area contributed by atoms with E-state index >= 15 is 0 Å². The summed E-state index contributed by atoms with van der Waals surface area (Å²) in [6, 6.07) is 4.84. The van der Waals surface area contributed by atoms with E-state index in [-0.39, 0.29) is 35.6 Å². The Hall–Kier alpha value is -2.12. The summed E-state index contributed by atoms with van der Waals surface area (Å²) in [4.78, 5) is 31.9. The van der Waals surface area contributed by atoms with Crippen LogP contribution in [0, 0.1) is 11.8 Å². The van der Waals surface area contributed by atoms with E-state index in [1.807, 2.05) is 27.7 Å². The SMILES string of the molecule is C[C@H](N)c1nc2cccc(Cl)c2c(=O)n1C1[C@H]2CN(C(=O)OC(C)(C)C)C[C@@H]12. The third-order valence-corrected chi connectivity index (χ3v) is 5.73. The Bertz CT molecular complexity index is 999. The number of fused-ring (bicyclic) bond motifs is 2. The molecule has 1 aromatic carbocycles. The van der Waals surface area contributed by atoms with Crippen LogP contribution >= 0.6 is 11.6 Å². The normalized spacial score (nSPS) is 24.9. The van der Waals surface area contributed by atoms with Crippen LogP contribution in [0.5, 0.6) is 0 Å². The molecule has 1 amide bonds. The molecule has 0 bridgehead atoms. The van der Waals surface area contributed by atoms with Crippen LogP contribution < -0.4 is 11.3 Å². The molecule has 1 unspecified atom stereocenters. The number of hydrogen-bond donors (Lipinski definition) is 1. The van der Waals surface area contributed by atoms with E-state index in [1.165, 1.54) is 0 Å². The van der Waals surface area contributed by atoms with Crippen LogP contribution in [0.4, 0.5) is 4.79 Å². The third kappa shape index (κ3) is 3.16. The van der Waals surface area contributed by atoms with E-state index in [0.29, 0.717) is 34.8 Å². The van der Waals surface area contributed by atoms with Crippen LogP contribution in [-0.4, -0.2) is 39.2 Å². The van der Waals surface area contributed by atoms with Gasteiger partial charge in [0.25, 0.3) is 5.56 Å². The highest BCUT2D eigenvalue weighted by Gasteiger charge is 2.59. The van der Waals surface area contributed by atoms with Crippen molar-refractivity contribution in [2.45, 2.75) is 45.4 Å². The molecule has 4 atom stereocenters. The molecule has 28 heavy (non-hydrogen) atoms. The lowest BCUT2D eigenvalue weighted by Crippen LogP contribution is -2.38. The number of benzene rings is 1. The number of amides is 1. The van der Waals surface area contributed by atoms with E-state index in [2.05, 4.69) is 4.98 Å². The van der Waals surface area contributed by atoms with Gasteiger partial charge in [-0.15, -0.1) is 0 Å². The monoisotopic (exact) mass is 404 g/mol. The first kappa shape index (κ1) is 19.2. The van der Waals surface area contributed by atoms with Crippen molar-refractivity contribution in [3.05, 3.63) is 39.4 Å². The van der Waals surface area contributed by atoms with Crippen molar-refractivity contribution in [1.82, 2.24) is 14.5 Å². The second kappa shape index (κ2) is 6.46. The molecule has 4 rings (SSSR count). The van der Waals surface area contributed by atoms with Crippen molar-refractivity contribution < 1.29 is 9.53 Å². The van der Waals surface area contributed by atoms with Crippen molar-refractivity contribution in [3.63, 3.8) is 0 Å². The van der Waals surface area contributed by atoms with E-state index in [9.17, 15) is 9.59 Å². The number of ether oxygens (including phenoxy) is 1. The molecular weight excluding hydrogens is 380 g/mol. The number of carbonyl (C=O) groups excluding carboxylic acids is 1. The average molecular weight is 405 g/mol. The Labute approximate surface area is 168 Å². The van der Waals surface area contributed by atoms with Gasteiger partial charge < -0.3 is 15.4 Å². The summed E-state index contributed by atoms with van der Waals surface area (Å²) in [5, 5.41) is 0.809. The smallest absolute Gasteiger partial charge is 0.410 e. The maximum Gasteiger partial charge on any atom is 0.410 e. The van der Waals surface area contributed by atoms with Gasteiger partial charge in [0.1, 0.15) is 11.4 Å². The highest BCUT2D eigenvalue weighted by atomic mass is 35.5. The van der Waals surface area contributed by atoms with Gasteiger partial charge in [-0.2, -0.15) is 0 Å². The molecule has 0 spiro atoms. The maximum absolute atomic E-state index is 13.3. The zero-order valence-electron chi connectivity index (χ0n) is 16.5. The van der Waals surface area contributed by atoms with Gasteiger partial charge in [0.05, 0.1) is 22.0 Å². The molecule has 2 heterocycles. The lowest BCUT2D eigenvalue weighted by molar-refractivity contribution is 0.0266. The van der Waals surface area contributed by atoms with E-state index in [1.54, 1.807) is 27.7 Å². The Balaban J connectivity index is 1.65. The van der Waals surface area contributed by atoms with Crippen molar-refractivity contribution >= 4 is 28.6 Å². The lowest BCUT2D eigenvalue weighted by Gasteiger charge is -2.26. The van der Waals surface area contributed by atoms with Crippen LogP contribution in [0.1, 0.15) is 45.6 Å². The molecule has 2 aromatic rings. The number of likely N-dealkylation sites (tertiary alicyclic amines) is 1. The molecule has 1 aliphatic carbocycles. The molecular formula is C20H25ClN4O3. The first-order chi connectivity index (χ1) is 13.1. The lowest BCUT2D eigenvalue weighted by atomic mass is 10.2. The zero-order chi connectivity index (χ0) is 20.4. The van der Waals surface area contributed by atoms with Crippen LogP contribution in [0.15, 0.2) is 23.0 Å². The number of halogens is 1. The summed E-state index contributed by atoms with van der Waals surface area (Å²) in [5.41, 5.74) is 6.00.